The Balaban J connectivity index is 2.67. The minimum Gasteiger partial charge on any atom is -0.396 e. The van der Waals surface area contributed by atoms with Crippen molar-refractivity contribution in [3.05, 3.63) is 35.9 Å². The molecule has 0 saturated heterocycles. The lowest BCUT2D eigenvalue weighted by molar-refractivity contribution is 0.136. The smallest absolute Gasteiger partial charge is 0.327 e. The maximum absolute atomic E-state index is 8.77. The zero-order chi connectivity index (χ0) is 10.4. The molecule has 0 radical (unpaired) electrons. The zero-order valence-corrected chi connectivity index (χ0v) is 8.47. The molecule has 4 nitrogen and oxygen atoms in total. The van der Waals surface area contributed by atoms with Gasteiger partial charge in [0.05, 0.1) is 6.10 Å². The highest BCUT2D eigenvalue weighted by molar-refractivity contribution is 7.39. The highest BCUT2D eigenvalue weighted by Gasteiger charge is 2.15. The fourth-order valence-electron chi connectivity index (χ4n) is 1.18. The second-order valence-electron chi connectivity index (χ2n) is 2.77. The summed E-state index contributed by atoms with van der Waals surface area (Å²) in [6, 6.07) is 9.17. The summed E-state index contributed by atoms with van der Waals surface area (Å²) in [7, 11) is -2.39. The van der Waals surface area contributed by atoms with Crippen molar-refractivity contribution >= 4 is 8.60 Å². The molecule has 0 fully saturated rings. The first-order chi connectivity index (χ1) is 6.74. The molecule has 0 aliphatic heterocycles. The van der Waals surface area contributed by atoms with Gasteiger partial charge in [-0.1, -0.05) is 30.3 Å². The monoisotopic (exact) mass is 216 g/mol. The van der Waals surface area contributed by atoms with Crippen molar-refractivity contribution in [3.8, 4) is 0 Å². The quantitative estimate of drug-likeness (QED) is 0.649. The minimum absolute atomic E-state index is 0.0528. The van der Waals surface area contributed by atoms with Crippen LogP contribution >= 0.6 is 8.60 Å². The van der Waals surface area contributed by atoms with Crippen molar-refractivity contribution in [2.24, 2.45) is 0 Å². The average Bonchev–Trinajstić information content (AvgIpc) is 2.18. The molecule has 1 rings (SSSR count). The van der Waals surface area contributed by atoms with Crippen molar-refractivity contribution < 1.29 is 19.4 Å². The van der Waals surface area contributed by atoms with Gasteiger partial charge in [0.1, 0.15) is 0 Å². The Morgan fingerprint density at radius 1 is 1.21 bits per heavy atom. The molecule has 1 aromatic carbocycles. The Bertz CT molecular complexity index is 252. The van der Waals surface area contributed by atoms with E-state index in [1.165, 1.54) is 0 Å². The van der Waals surface area contributed by atoms with E-state index in [0.717, 1.165) is 5.56 Å². The molecule has 0 spiro atoms. The number of aliphatic hydroxyl groups excluding tert-OH is 1. The van der Waals surface area contributed by atoms with Crippen LogP contribution in [0.3, 0.4) is 0 Å². The predicted molar refractivity (Wildman–Crippen MR) is 53.3 cm³/mol. The average molecular weight is 216 g/mol. The fourth-order valence-corrected chi connectivity index (χ4v) is 1.63. The van der Waals surface area contributed by atoms with Crippen LogP contribution in [-0.2, 0) is 4.52 Å². The molecular weight excluding hydrogens is 203 g/mol. The SMILES string of the molecule is OCCC(OP(O)O)c1ccccc1. The molecule has 0 aliphatic carbocycles. The van der Waals surface area contributed by atoms with Crippen LogP contribution in [0.25, 0.3) is 0 Å². The first-order valence-corrected chi connectivity index (χ1v) is 5.41. The molecule has 3 N–H and O–H groups in total. The van der Waals surface area contributed by atoms with Gasteiger partial charge in [0, 0.05) is 13.0 Å². The molecule has 1 unspecified atom stereocenters. The van der Waals surface area contributed by atoms with Gasteiger partial charge in [-0.3, -0.25) is 0 Å². The number of benzene rings is 1. The number of aliphatic hydroxyl groups is 1. The third kappa shape index (κ3) is 3.70. The van der Waals surface area contributed by atoms with Gasteiger partial charge >= 0.3 is 8.60 Å². The summed E-state index contributed by atoms with van der Waals surface area (Å²) in [6.07, 6.45) is -0.105. The van der Waals surface area contributed by atoms with Crippen molar-refractivity contribution in [1.29, 1.82) is 0 Å². The van der Waals surface area contributed by atoms with E-state index in [4.69, 9.17) is 19.4 Å². The number of hydrogen-bond donors (Lipinski definition) is 3. The summed E-state index contributed by atoms with van der Waals surface area (Å²) in [5.74, 6) is 0. The molecule has 78 valence electrons. The summed E-state index contributed by atoms with van der Waals surface area (Å²) in [4.78, 5) is 17.5. The molecule has 1 atom stereocenters. The lowest BCUT2D eigenvalue weighted by Gasteiger charge is -2.16. The predicted octanol–water partition coefficient (Wildman–Crippen LogP) is 1.34. The van der Waals surface area contributed by atoms with E-state index in [1.54, 1.807) is 0 Å². The third-order valence-electron chi connectivity index (χ3n) is 1.78. The maximum atomic E-state index is 8.77. The first-order valence-electron chi connectivity index (χ1n) is 4.24. The number of rotatable bonds is 5. The van der Waals surface area contributed by atoms with Gasteiger partial charge in [-0.25, -0.2) is 0 Å². The molecule has 0 amide bonds. The van der Waals surface area contributed by atoms with Crippen LogP contribution in [0.2, 0.25) is 0 Å². The fraction of sp³-hybridized carbons (Fsp3) is 0.333. The van der Waals surface area contributed by atoms with Gasteiger partial charge < -0.3 is 19.4 Å². The van der Waals surface area contributed by atoms with Crippen LogP contribution in [0.1, 0.15) is 18.1 Å². The molecule has 0 saturated carbocycles. The van der Waals surface area contributed by atoms with Gasteiger partial charge in [0.15, 0.2) is 0 Å². The summed E-state index contributed by atoms with van der Waals surface area (Å²) in [6.45, 7) is -0.0528. The summed E-state index contributed by atoms with van der Waals surface area (Å²) in [5, 5.41) is 8.77. The normalized spacial score (nSPS) is 13.1. The maximum Gasteiger partial charge on any atom is 0.327 e. The zero-order valence-electron chi connectivity index (χ0n) is 7.58. The van der Waals surface area contributed by atoms with E-state index < -0.39 is 14.7 Å². The van der Waals surface area contributed by atoms with E-state index in [1.807, 2.05) is 30.3 Å². The Kier molecular flexibility index (Phi) is 5.01. The Hall–Kier alpha value is -0.510. The van der Waals surface area contributed by atoms with Crippen molar-refractivity contribution in [1.82, 2.24) is 0 Å². The third-order valence-corrected chi connectivity index (χ3v) is 2.23. The van der Waals surface area contributed by atoms with E-state index in [0.29, 0.717) is 6.42 Å². The second kappa shape index (κ2) is 6.06. The minimum atomic E-state index is -2.39. The molecule has 0 aliphatic rings. The van der Waals surface area contributed by atoms with Gasteiger partial charge in [-0.2, -0.15) is 0 Å². The molecule has 0 bridgehead atoms. The van der Waals surface area contributed by atoms with E-state index in [2.05, 4.69) is 0 Å². The van der Waals surface area contributed by atoms with E-state index in [-0.39, 0.29) is 6.61 Å². The topological polar surface area (TPSA) is 69.9 Å². The van der Waals surface area contributed by atoms with E-state index >= 15 is 0 Å². The van der Waals surface area contributed by atoms with Crippen LogP contribution < -0.4 is 0 Å². The summed E-state index contributed by atoms with van der Waals surface area (Å²) >= 11 is 0. The highest BCUT2D eigenvalue weighted by Crippen LogP contribution is 2.35. The largest absolute Gasteiger partial charge is 0.396 e. The second-order valence-corrected chi connectivity index (χ2v) is 3.49. The standard InChI is InChI=1S/C9H13O4P/c10-7-6-9(13-14(11)12)8-4-2-1-3-5-8/h1-5,9-12H,6-7H2. The van der Waals surface area contributed by atoms with Crippen molar-refractivity contribution in [3.63, 3.8) is 0 Å². The van der Waals surface area contributed by atoms with Gasteiger partial charge in [-0.05, 0) is 5.56 Å². The lowest BCUT2D eigenvalue weighted by atomic mass is 10.1. The van der Waals surface area contributed by atoms with Crippen molar-refractivity contribution in [2.75, 3.05) is 6.61 Å². The van der Waals surface area contributed by atoms with Gasteiger partial charge in [0.2, 0.25) is 0 Å². The van der Waals surface area contributed by atoms with Gasteiger partial charge in [-0.15, -0.1) is 0 Å². The van der Waals surface area contributed by atoms with Crippen LogP contribution in [0.4, 0.5) is 0 Å². The molecule has 14 heavy (non-hydrogen) atoms. The summed E-state index contributed by atoms with van der Waals surface area (Å²) in [5.41, 5.74) is 0.831. The van der Waals surface area contributed by atoms with Crippen molar-refractivity contribution in [2.45, 2.75) is 12.5 Å². The molecular formula is C9H13O4P. The van der Waals surface area contributed by atoms with Crippen LogP contribution in [0, 0.1) is 0 Å². The summed E-state index contributed by atoms with van der Waals surface area (Å²) < 4.78 is 4.89. The van der Waals surface area contributed by atoms with Gasteiger partial charge in [0.25, 0.3) is 0 Å². The molecule has 5 heteroatoms. The lowest BCUT2D eigenvalue weighted by Crippen LogP contribution is -2.03. The number of hydrogen-bond acceptors (Lipinski definition) is 4. The van der Waals surface area contributed by atoms with Crippen LogP contribution in [0.15, 0.2) is 30.3 Å². The highest BCUT2D eigenvalue weighted by atomic mass is 31.2. The Morgan fingerprint density at radius 3 is 2.36 bits per heavy atom. The Labute approximate surface area is 83.8 Å². The Morgan fingerprint density at radius 2 is 1.86 bits per heavy atom. The molecule has 0 aromatic heterocycles. The van der Waals surface area contributed by atoms with Crippen LogP contribution in [0.5, 0.6) is 0 Å². The van der Waals surface area contributed by atoms with E-state index in [9.17, 15) is 0 Å². The molecule has 0 heterocycles. The molecule has 1 aromatic rings. The van der Waals surface area contributed by atoms with Crippen LogP contribution in [-0.4, -0.2) is 21.5 Å². The first kappa shape index (κ1) is 11.6.